The summed E-state index contributed by atoms with van der Waals surface area (Å²) in [5.74, 6) is 2.55. The first-order valence-electron chi connectivity index (χ1n) is 8.80. The zero-order valence-corrected chi connectivity index (χ0v) is 15.3. The van der Waals surface area contributed by atoms with Crippen LogP contribution in [-0.4, -0.2) is 47.4 Å². The van der Waals surface area contributed by atoms with Gasteiger partial charge < -0.3 is 24.2 Å². The number of aryl methyl sites for hydroxylation is 1. The molecule has 0 radical (unpaired) electrons. The molecule has 26 heavy (non-hydrogen) atoms. The minimum absolute atomic E-state index is 0.106. The quantitative estimate of drug-likeness (QED) is 0.849. The number of hydrogen-bond donors (Lipinski definition) is 1. The lowest BCUT2D eigenvalue weighted by atomic mass is 10.0. The van der Waals surface area contributed by atoms with Gasteiger partial charge in [-0.25, -0.2) is 4.79 Å². The van der Waals surface area contributed by atoms with Gasteiger partial charge >= 0.3 is 6.03 Å². The van der Waals surface area contributed by atoms with Crippen molar-refractivity contribution in [1.29, 1.82) is 0 Å². The van der Waals surface area contributed by atoms with Crippen LogP contribution in [0.15, 0.2) is 22.7 Å². The van der Waals surface area contributed by atoms with E-state index in [4.69, 9.17) is 14.0 Å². The standard InChI is InChI=1S/C18H24N4O4/c1-4-15-20-16(26-21-15)10-22(5-2)18(23)19-13-9-12-7-6-8-14(24-3)17(12)25-11-13/h6-8,13H,4-5,9-11H2,1-3H3,(H,19,23)/t13-/m1/s1. The van der Waals surface area contributed by atoms with E-state index in [2.05, 4.69) is 15.5 Å². The lowest BCUT2D eigenvalue weighted by Crippen LogP contribution is -2.48. The molecule has 8 heteroatoms. The monoisotopic (exact) mass is 360 g/mol. The largest absolute Gasteiger partial charge is 0.493 e. The second-order valence-corrected chi connectivity index (χ2v) is 6.08. The number of nitrogens with one attached hydrogen (secondary N) is 1. The predicted octanol–water partition coefficient (Wildman–Crippen LogP) is 2.18. The smallest absolute Gasteiger partial charge is 0.318 e. The summed E-state index contributed by atoms with van der Waals surface area (Å²) in [6.07, 6.45) is 1.39. The summed E-state index contributed by atoms with van der Waals surface area (Å²) in [4.78, 5) is 18.5. The van der Waals surface area contributed by atoms with E-state index in [0.29, 0.717) is 43.5 Å². The number of rotatable bonds is 6. The molecule has 1 aromatic carbocycles. The molecule has 3 rings (SSSR count). The van der Waals surface area contributed by atoms with Crippen LogP contribution in [0, 0.1) is 0 Å². The number of nitrogens with zero attached hydrogens (tertiary/aromatic N) is 3. The molecule has 0 fully saturated rings. The molecule has 0 saturated heterocycles. The van der Waals surface area contributed by atoms with Gasteiger partial charge in [-0.1, -0.05) is 24.2 Å². The molecular weight excluding hydrogens is 336 g/mol. The number of amides is 2. The Morgan fingerprint density at radius 1 is 1.42 bits per heavy atom. The minimum atomic E-state index is -0.177. The molecule has 8 nitrogen and oxygen atoms in total. The van der Waals surface area contributed by atoms with E-state index in [-0.39, 0.29) is 18.6 Å². The number of fused-ring (bicyclic) bond motifs is 1. The highest BCUT2D eigenvalue weighted by atomic mass is 16.5. The molecule has 1 aliphatic rings. The van der Waals surface area contributed by atoms with E-state index < -0.39 is 0 Å². The highest BCUT2D eigenvalue weighted by molar-refractivity contribution is 5.74. The first-order valence-corrected chi connectivity index (χ1v) is 8.80. The summed E-state index contributed by atoms with van der Waals surface area (Å²) in [7, 11) is 1.62. The fraction of sp³-hybridized carbons (Fsp3) is 0.500. The maximum Gasteiger partial charge on any atom is 0.318 e. The van der Waals surface area contributed by atoms with Gasteiger partial charge in [-0.3, -0.25) is 0 Å². The van der Waals surface area contributed by atoms with E-state index >= 15 is 0 Å². The number of benzene rings is 1. The van der Waals surface area contributed by atoms with Crippen LogP contribution in [0.25, 0.3) is 0 Å². The van der Waals surface area contributed by atoms with Crippen LogP contribution in [-0.2, 0) is 19.4 Å². The van der Waals surface area contributed by atoms with Gasteiger partial charge in [0.2, 0.25) is 5.89 Å². The molecule has 2 aromatic rings. The van der Waals surface area contributed by atoms with E-state index in [0.717, 1.165) is 11.3 Å². The fourth-order valence-electron chi connectivity index (χ4n) is 2.90. The van der Waals surface area contributed by atoms with Gasteiger partial charge in [-0.2, -0.15) is 4.98 Å². The molecule has 0 bridgehead atoms. The van der Waals surface area contributed by atoms with Crippen molar-refractivity contribution in [2.24, 2.45) is 0 Å². The Labute approximate surface area is 152 Å². The molecule has 2 heterocycles. The van der Waals surface area contributed by atoms with Gasteiger partial charge in [0.1, 0.15) is 13.2 Å². The zero-order valence-electron chi connectivity index (χ0n) is 15.3. The third kappa shape index (κ3) is 3.89. The lowest BCUT2D eigenvalue weighted by molar-refractivity contribution is 0.173. The average molecular weight is 360 g/mol. The summed E-state index contributed by atoms with van der Waals surface area (Å²) in [5, 5.41) is 6.88. The maximum atomic E-state index is 12.6. The van der Waals surface area contributed by atoms with Crippen LogP contribution in [0.1, 0.15) is 31.1 Å². The van der Waals surface area contributed by atoms with Crippen LogP contribution in [0.3, 0.4) is 0 Å². The SMILES string of the molecule is CCc1noc(CN(CC)C(=O)N[C@H]2COc3c(cccc3OC)C2)n1. The van der Waals surface area contributed by atoms with Gasteiger partial charge in [0, 0.05) is 18.5 Å². The second-order valence-electron chi connectivity index (χ2n) is 6.08. The van der Waals surface area contributed by atoms with Crippen molar-refractivity contribution in [2.75, 3.05) is 20.3 Å². The first kappa shape index (κ1) is 18.0. The average Bonchev–Trinajstić information content (AvgIpc) is 3.13. The molecule has 1 N–H and O–H groups in total. The molecule has 1 aromatic heterocycles. The third-order valence-electron chi connectivity index (χ3n) is 4.32. The van der Waals surface area contributed by atoms with E-state index in [1.54, 1.807) is 12.0 Å². The van der Waals surface area contributed by atoms with Gasteiger partial charge in [0.15, 0.2) is 17.3 Å². The zero-order chi connectivity index (χ0) is 18.5. The van der Waals surface area contributed by atoms with Crippen LogP contribution in [0.4, 0.5) is 4.79 Å². The van der Waals surface area contributed by atoms with Crippen molar-refractivity contribution < 1.29 is 18.8 Å². The fourth-order valence-corrected chi connectivity index (χ4v) is 2.90. The molecule has 0 unspecified atom stereocenters. The van der Waals surface area contributed by atoms with Crippen LogP contribution in [0.2, 0.25) is 0 Å². The van der Waals surface area contributed by atoms with Crippen molar-refractivity contribution in [3.05, 3.63) is 35.5 Å². The molecule has 2 amide bonds. The topological polar surface area (TPSA) is 89.7 Å². The molecule has 0 spiro atoms. The molecule has 0 saturated carbocycles. The van der Waals surface area contributed by atoms with Crippen LogP contribution >= 0.6 is 0 Å². The van der Waals surface area contributed by atoms with Crippen molar-refractivity contribution in [2.45, 2.75) is 39.3 Å². The number of carbonyl (C=O) groups is 1. The van der Waals surface area contributed by atoms with Crippen molar-refractivity contribution in [3.63, 3.8) is 0 Å². The predicted molar refractivity (Wildman–Crippen MR) is 94.3 cm³/mol. The summed E-state index contributed by atoms with van der Waals surface area (Å²) in [6, 6.07) is 5.49. The molecule has 140 valence electrons. The number of ether oxygens (including phenoxy) is 2. The van der Waals surface area contributed by atoms with Crippen molar-refractivity contribution in [1.82, 2.24) is 20.4 Å². The third-order valence-corrected chi connectivity index (χ3v) is 4.32. The summed E-state index contributed by atoms with van der Waals surface area (Å²) in [6.45, 7) is 5.08. The number of methoxy groups -OCH3 is 1. The molecule has 1 atom stereocenters. The summed E-state index contributed by atoms with van der Waals surface area (Å²) >= 11 is 0. The van der Waals surface area contributed by atoms with Gasteiger partial charge in [0.25, 0.3) is 0 Å². The summed E-state index contributed by atoms with van der Waals surface area (Å²) in [5.41, 5.74) is 1.02. The minimum Gasteiger partial charge on any atom is -0.493 e. The summed E-state index contributed by atoms with van der Waals surface area (Å²) < 4.78 is 16.3. The Kier molecular flexibility index (Phi) is 5.60. The molecule has 0 aliphatic carbocycles. The normalized spacial score (nSPS) is 15.7. The van der Waals surface area contributed by atoms with Gasteiger partial charge in [0.05, 0.1) is 13.2 Å². The number of aromatic nitrogens is 2. The number of hydrogen-bond acceptors (Lipinski definition) is 6. The Morgan fingerprint density at radius 2 is 2.27 bits per heavy atom. The van der Waals surface area contributed by atoms with E-state index in [9.17, 15) is 4.79 Å². The Hall–Kier alpha value is -2.77. The Bertz CT molecular complexity index is 761. The Balaban J connectivity index is 1.61. The highest BCUT2D eigenvalue weighted by Gasteiger charge is 2.26. The van der Waals surface area contributed by atoms with Crippen molar-refractivity contribution >= 4 is 6.03 Å². The first-order chi connectivity index (χ1) is 12.6. The van der Waals surface area contributed by atoms with Crippen molar-refractivity contribution in [3.8, 4) is 11.5 Å². The molecular formula is C18H24N4O4. The van der Waals surface area contributed by atoms with Crippen LogP contribution in [0.5, 0.6) is 11.5 Å². The number of para-hydroxylation sites is 1. The maximum absolute atomic E-state index is 12.6. The van der Waals surface area contributed by atoms with Crippen LogP contribution < -0.4 is 14.8 Å². The van der Waals surface area contributed by atoms with E-state index in [1.807, 2.05) is 32.0 Å². The van der Waals surface area contributed by atoms with E-state index in [1.165, 1.54) is 0 Å². The number of carbonyl (C=O) groups excluding carboxylic acids is 1. The molecule has 1 aliphatic heterocycles. The highest BCUT2D eigenvalue weighted by Crippen LogP contribution is 2.34. The Morgan fingerprint density at radius 3 is 2.96 bits per heavy atom. The number of urea groups is 1. The van der Waals surface area contributed by atoms with Gasteiger partial charge in [-0.15, -0.1) is 0 Å². The lowest BCUT2D eigenvalue weighted by Gasteiger charge is -2.29. The van der Waals surface area contributed by atoms with Gasteiger partial charge in [-0.05, 0) is 19.4 Å². The second kappa shape index (κ2) is 8.07.